The second-order valence-corrected chi connectivity index (χ2v) is 10.8. The first-order valence-corrected chi connectivity index (χ1v) is 13.8. The van der Waals surface area contributed by atoms with E-state index in [2.05, 4.69) is 46.1 Å². The van der Waals surface area contributed by atoms with Crippen molar-refractivity contribution in [3.63, 3.8) is 0 Å². The number of benzene rings is 2. The summed E-state index contributed by atoms with van der Waals surface area (Å²) in [5.74, 6) is -0.200. The molecule has 2 unspecified atom stereocenters. The molecule has 1 aliphatic heterocycles. The molecule has 1 fully saturated rings. The van der Waals surface area contributed by atoms with Gasteiger partial charge in [-0.3, -0.25) is 9.78 Å². The number of carbonyl (C=O) groups excluding carboxylic acids is 1. The number of methoxy groups -OCH3 is 1. The van der Waals surface area contributed by atoms with Gasteiger partial charge in [0, 0.05) is 46.8 Å². The summed E-state index contributed by atoms with van der Waals surface area (Å²) < 4.78 is 7.21. The first-order valence-electron chi connectivity index (χ1n) is 13.1. The van der Waals surface area contributed by atoms with E-state index in [9.17, 15) is 4.79 Å². The molecule has 3 heterocycles. The Balaban J connectivity index is 1.63. The molecule has 40 heavy (non-hydrogen) atoms. The second-order valence-electron chi connectivity index (χ2n) is 10.0. The Hall–Kier alpha value is -3.72. The highest BCUT2D eigenvalue weighted by Crippen LogP contribution is 2.44. The zero-order valence-corrected chi connectivity index (χ0v) is 24.7. The smallest absolute Gasteiger partial charge is 0.250 e. The first-order chi connectivity index (χ1) is 19.2. The minimum absolute atomic E-state index is 0.00311. The van der Waals surface area contributed by atoms with Gasteiger partial charge in [0.15, 0.2) is 5.11 Å². The number of anilines is 2. The van der Waals surface area contributed by atoms with Crippen LogP contribution in [-0.4, -0.2) is 34.3 Å². The summed E-state index contributed by atoms with van der Waals surface area (Å²) in [6.07, 6.45) is 1.81. The molecule has 5 rings (SSSR count). The number of nitrogens with zero attached hydrogens (tertiary/aromatic N) is 3. The number of halogens is 1. The van der Waals surface area contributed by atoms with Crippen molar-refractivity contribution in [1.29, 1.82) is 0 Å². The van der Waals surface area contributed by atoms with Crippen molar-refractivity contribution in [2.75, 3.05) is 23.9 Å². The standard InChI is InChI=1S/C31H32ClN5O2S/c1-18-15-22(12-13-25(18)34-28(38)17-39-5)37-30(29(35-31(37)40)26-10-6-7-14-33-26)23-16-19(2)36(21(23)4)27-11-8-9-24(32)20(27)3/h6-16,29-30H,17H2,1-5H3,(H,34,38)(H,35,40). The highest BCUT2D eigenvalue weighted by atomic mass is 35.5. The van der Waals surface area contributed by atoms with Crippen LogP contribution in [0.25, 0.3) is 5.69 Å². The Kier molecular flexibility index (Phi) is 7.94. The zero-order chi connectivity index (χ0) is 28.6. The lowest BCUT2D eigenvalue weighted by atomic mass is 9.96. The van der Waals surface area contributed by atoms with Gasteiger partial charge in [0.05, 0.1) is 17.8 Å². The Morgan fingerprint density at radius 2 is 1.90 bits per heavy atom. The van der Waals surface area contributed by atoms with Gasteiger partial charge in [0.25, 0.3) is 0 Å². The predicted octanol–water partition coefficient (Wildman–Crippen LogP) is 6.52. The van der Waals surface area contributed by atoms with Crippen molar-refractivity contribution in [1.82, 2.24) is 14.9 Å². The highest BCUT2D eigenvalue weighted by Gasteiger charge is 2.42. The Morgan fingerprint density at radius 3 is 2.60 bits per heavy atom. The molecule has 2 atom stereocenters. The van der Waals surface area contributed by atoms with Crippen LogP contribution in [0.2, 0.25) is 5.02 Å². The summed E-state index contributed by atoms with van der Waals surface area (Å²) in [7, 11) is 1.50. The van der Waals surface area contributed by atoms with Crippen LogP contribution in [0.5, 0.6) is 0 Å². The largest absolute Gasteiger partial charge is 0.375 e. The van der Waals surface area contributed by atoms with Crippen molar-refractivity contribution < 1.29 is 9.53 Å². The third-order valence-corrected chi connectivity index (χ3v) is 8.13. The van der Waals surface area contributed by atoms with Gasteiger partial charge in [-0.05, 0) is 105 Å². The monoisotopic (exact) mass is 573 g/mol. The topological polar surface area (TPSA) is 71.4 Å². The number of carbonyl (C=O) groups is 1. The molecule has 1 aliphatic rings. The van der Waals surface area contributed by atoms with E-state index in [4.69, 9.17) is 33.5 Å². The number of aryl methyl sites for hydroxylation is 2. The molecular formula is C31H32ClN5O2S. The fraction of sp³-hybridized carbons (Fsp3) is 0.258. The van der Waals surface area contributed by atoms with E-state index in [0.717, 1.165) is 55.9 Å². The average molecular weight is 574 g/mol. The molecule has 2 aromatic carbocycles. The third-order valence-electron chi connectivity index (χ3n) is 7.40. The summed E-state index contributed by atoms with van der Waals surface area (Å²) in [5, 5.41) is 7.80. The minimum atomic E-state index is -0.200. The fourth-order valence-corrected chi connectivity index (χ4v) is 6.02. The molecule has 0 radical (unpaired) electrons. The number of hydrogen-bond acceptors (Lipinski definition) is 4. The average Bonchev–Trinajstić information content (AvgIpc) is 3.42. The first kappa shape index (κ1) is 27.8. The number of hydrogen-bond donors (Lipinski definition) is 2. The lowest BCUT2D eigenvalue weighted by Gasteiger charge is -2.29. The second kappa shape index (κ2) is 11.4. The minimum Gasteiger partial charge on any atom is -0.375 e. The van der Waals surface area contributed by atoms with Crippen molar-refractivity contribution in [2.45, 2.75) is 39.8 Å². The SMILES string of the molecule is COCC(=O)Nc1ccc(N2C(=S)NC(c3ccccn3)C2c2cc(C)n(-c3cccc(Cl)c3C)c2C)cc1C. The number of aromatic nitrogens is 2. The molecule has 4 aromatic rings. The summed E-state index contributed by atoms with van der Waals surface area (Å²) in [5.41, 5.74) is 8.89. The van der Waals surface area contributed by atoms with Crippen LogP contribution in [0.1, 0.15) is 45.9 Å². The number of thiocarbonyl (C=S) groups is 1. The Labute approximate surface area is 245 Å². The van der Waals surface area contributed by atoms with Gasteiger partial charge in [-0.1, -0.05) is 23.7 Å². The van der Waals surface area contributed by atoms with Gasteiger partial charge < -0.3 is 24.8 Å². The normalized spacial score (nSPS) is 16.8. The van der Waals surface area contributed by atoms with Crippen molar-refractivity contribution in [2.24, 2.45) is 0 Å². The van der Waals surface area contributed by atoms with E-state index in [1.165, 1.54) is 7.11 Å². The summed E-state index contributed by atoms with van der Waals surface area (Å²) in [6, 6.07) is 19.7. The van der Waals surface area contributed by atoms with Crippen molar-refractivity contribution in [3.8, 4) is 5.69 Å². The van der Waals surface area contributed by atoms with Gasteiger partial charge >= 0.3 is 0 Å². The van der Waals surface area contributed by atoms with E-state index in [0.29, 0.717) is 5.11 Å². The molecule has 0 spiro atoms. The van der Waals surface area contributed by atoms with E-state index in [1.54, 1.807) is 6.20 Å². The molecule has 0 bridgehead atoms. The van der Waals surface area contributed by atoms with E-state index >= 15 is 0 Å². The van der Waals surface area contributed by atoms with E-state index in [-0.39, 0.29) is 24.6 Å². The molecule has 0 saturated carbocycles. The van der Waals surface area contributed by atoms with E-state index in [1.807, 2.05) is 62.4 Å². The van der Waals surface area contributed by atoms with Crippen molar-refractivity contribution in [3.05, 3.63) is 106 Å². The van der Waals surface area contributed by atoms with Gasteiger partial charge in [-0.2, -0.15) is 0 Å². The predicted molar refractivity (Wildman–Crippen MR) is 165 cm³/mol. The molecule has 7 nitrogen and oxygen atoms in total. The lowest BCUT2D eigenvalue weighted by Crippen LogP contribution is -2.29. The molecular weight excluding hydrogens is 542 g/mol. The third kappa shape index (κ3) is 5.10. The van der Waals surface area contributed by atoms with Gasteiger partial charge in [-0.15, -0.1) is 0 Å². The molecule has 2 N–H and O–H groups in total. The van der Waals surface area contributed by atoms with Crippen molar-refractivity contribution >= 4 is 46.2 Å². The van der Waals surface area contributed by atoms with Gasteiger partial charge in [0.1, 0.15) is 6.61 Å². The molecule has 9 heteroatoms. The highest BCUT2D eigenvalue weighted by molar-refractivity contribution is 7.80. The number of ether oxygens (including phenoxy) is 1. The maximum Gasteiger partial charge on any atom is 0.250 e. The summed E-state index contributed by atoms with van der Waals surface area (Å²) in [6.45, 7) is 8.26. The number of amides is 1. The fourth-order valence-electron chi connectivity index (χ4n) is 5.50. The van der Waals surface area contributed by atoms with Crippen LogP contribution in [0.4, 0.5) is 11.4 Å². The van der Waals surface area contributed by atoms with Crippen LogP contribution >= 0.6 is 23.8 Å². The molecule has 206 valence electrons. The molecule has 2 aromatic heterocycles. The van der Waals surface area contributed by atoms with Crippen LogP contribution < -0.4 is 15.5 Å². The summed E-state index contributed by atoms with van der Waals surface area (Å²) >= 11 is 12.5. The molecule has 1 saturated heterocycles. The van der Waals surface area contributed by atoms with Gasteiger partial charge in [0.2, 0.25) is 5.91 Å². The maximum atomic E-state index is 12.1. The summed E-state index contributed by atoms with van der Waals surface area (Å²) in [4.78, 5) is 19.0. The number of nitrogens with one attached hydrogen (secondary N) is 2. The zero-order valence-electron chi connectivity index (χ0n) is 23.2. The Morgan fingerprint density at radius 1 is 1.10 bits per heavy atom. The van der Waals surface area contributed by atoms with Crippen LogP contribution in [0.15, 0.2) is 66.9 Å². The Bertz CT molecular complexity index is 1590. The van der Waals surface area contributed by atoms with Crippen LogP contribution in [-0.2, 0) is 9.53 Å². The lowest BCUT2D eigenvalue weighted by molar-refractivity contribution is -0.119. The molecule has 0 aliphatic carbocycles. The van der Waals surface area contributed by atoms with Crippen LogP contribution in [0, 0.1) is 27.7 Å². The molecule has 1 amide bonds. The van der Waals surface area contributed by atoms with Gasteiger partial charge in [-0.25, -0.2) is 0 Å². The number of pyridine rings is 1. The quantitative estimate of drug-likeness (QED) is 0.245. The van der Waals surface area contributed by atoms with E-state index < -0.39 is 0 Å². The number of rotatable bonds is 7. The maximum absolute atomic E-state index is 12.1. The van der Waals surface area contributed by atoms with Crippen LogP contribution in [0.3, 0.4) is 0 Å².